The van der Waals surface area contributed by atoms with Crippen molar-refractivity contribution < 1.29 is 9.90 Å². The normalized spacial score (nSPS) is 9.18. The molecule has 5 heteroatoms. The quantitative estimate of drug-likeness (QED) is 0.601. The number of hydrogen-bond acceptors (Lipinski definition) is 4. The topological polar surface area (TPSA) is 75.1 Å². The van der Waals surface area contributed by atoms with E-state index in [9.17, 15) is 4.79 Å². The number of nitrogens with zero attached hydrogens (tertiary/aromatic N) is 2. The minimum Gasteiger partial charge on any atom is -0.505 e. The van der Waals surface area contributed by atoms with E-state index in [2.05, 4.69) is 15.3 Å². The fourth-order valence-electron chi connectivity index (χ4n) is 0.543. The summed E-state index contributed by atoms with van der Waals surface area (Å²) in [6.45, 7) is 1.36. The first-order chi connectivity index (χ1) is 5.18. The predicted octanol–water partition coefficient (Wildman–Crippen LogP) is 0.141. The molecular formula is C6H7N3O2. The largest absolute Gasteiger partial charge is 0.505 e. The maximum atomic E-state index is 10.4. The molecule has 0 atom stereocenters. The number of nitrogens with one attached hydrogen (secondary N) is 1. The smallest absolute Gasteiger partial charge is 0.229 e. The van der Waals surface area contributed by atoms with Crippen molar-refractivity contribution in [3.8, 4) is 5.75 Å². The predicted molar refractivity (Wildman–Crippen MR) is 38.0 cm³/mol. The highest BCUT2D eigenvalue weighted by Crippen LogP contribution is 2.04. The van der Waals surface area contributed by atoms with Crippen LogP contribution in [-0.4, -0.2) is 21.0 Å². The minimum absolute atomic E-state index is 0.0286. The van der Waals surface area contributed by atoms with Crippen LogP contribution in [-0.2, 0) is 4.79 Å². The molecule has 1 aromatic rings. The number of aromatic hydroxyl groups is 1. The fraction of sp³-hybridized carbons (Fsp3) is 0.167. The highest BCUT2D eigenvalue weighted by Gasteiger charge is 1.96. The second kappa shape index (κ2) is 2.96. The van der Waals surface area contributed by atoms with Gasteiger partial charge in [-0.1, -0.05) is 0 Å². The van der Waals surface area contributed by atoms with Gasteiger partial charge in [-0.15, -0.1) is 0 Å². The van der Waals surface area contributed by atoms with E-state index in [1.54, 1.807) is 0 Å². The lowest BCUT2D eigenvalue weighted by atomic mass is 10.6. The number of carbonyl (C=O) groups excluding carboxylic acids is 1. The van der Waals surface area contributed by atoms with E-state index in [1.165, 1.54) is 19.3 Å². The molecular weight excluding hydrogens is 146 g/mol. The maximum Gasteiger partial charge on any atom is 0.229 e. The van der Waals surface area contributed by atoms with E-state index < -0.39 is 0 Å². The van der Waals surface area contributed by atoms with Gasteiger partial charge < -0.3 is 5.11 Å². The summed E-state index contributed by atoms with van der Waals surface area (Å²) in [4.78, 5) is 17.7. The summed E-state index contributed by atoms with van der Waals surface area (Å²) in [6, 6.07) is 0. The van der Waals surface area contributed by atoms with E-state index in [4.69, 9.17) is 5.11 Å². The Labute approximate surface area is 63.1 Å². The van der Waals surface area contributed by atoms with Crippen LogP contribution >= 0.6 is 0 Å². The molecule has 0 saturated heterocycles. The van der Waals surface area contributed by atoms with Crippen molar-refractivity contribution in [1.82, 2.24) is 9.97 Å². The molecule has 1 aromatic heterocycles. The van der Waals surface area contributed by atoms with E-state index in [-0.39, 0.29) is 17.6 Å². The number of carbonyl (C=O) groups is 1. The van der Waals surface area contributed by atoms with Crippen LogP contribution in [0.25, 0.3) is 0 Å². The van der Waals surface area contributed by atoms with Crippen LogP contribution in [0.15, 0.2) is 12.4 Å². The Morgan fingerprint density at radius 1 is 1.55 bits per heavy atom. The third-order valence-corrected chi connectivity index (χ3v) is 0.926. The Bertz CT molecular complexity index is 257. The van der Waals surface area contributed by atoms with Crippen molar-refractivity contribution in [2.75, 3.05) is 5.32 Å². The third-order valence-electron chi connectivity index (χ3n) is 0.926. The van der Waals surface area contributed by atoms with Crippen LogP contribution < -0.4 is 5.32 Å². The molecule has 0 unspecified atom stereocenters. The van der Waals surface area contributed by atoms with Crippen LogP contribution in [0, 0.1) is 0 Å². The minimum atomic E-state index is -0.240. The first-order valence-corrected chi connectivity index (χ1v) is 2.97. The average Bonchev–Trinajstić information content (AvgIpc) is 1.93. The molecule has 0 spiro atoms. The molecule has 0 aliphatic rings. The first kappa shape index (κ1) is 7.46. The van der Waals surface area contributed by atoms with Gasteiger partial charge in [-0.25, -0.2) is 9.97 Å². The number of amides is 1. The molecule has 58 valence electrons. The molecule has 0 fully saturated rings. The van der Waals surface area contributed by atoms with Crippen LogP contribution in [0.3, 0.4) is 0 Å². The molecule has 0 saturated carbocycles. The Kier molecular flexibility index (Phi) is 2.00. The molecule has 5 nitrogen and oxygen atoms in total. The lowest BCUT2D eigenvalue weighted by molar-refractivity contribution is -0.114. The molecule has 2 N–H and O–H groups in total. The second-order valence-corrected chi connectivity index (χ2v) is 1.95. The first-order valence-electron chi connectivity index (χ1n) is 2.97. The standard InChI is InChI=1S/C6H7N3O2/c1-4(10)9-6-7-2-5(11)3-8-6/h2-3,11H,1H3,(H,7,8,9,10). The van der Waals surface area contributed by atoms with Crippen LogP contribution in [0.2, 0.25) is 0 Å². The van der Waals surface area contributed by atoms with Gasteiger partial charge in [-0.3, -0.25) is 10.1 Å². The van der Waals surface area contributed by atoms with Crippen molar-refractivity contribution in [2.24, 2.45) is 0 Å². The Morgan fingerprint density at radius 3 is 2.55 bits per heavy atom. The summed E-state index contributed by atoms with van der Waals surface area (Å²) in [7, 11) is 0. The molecule has 1 rings (SSSR count). The Hall–Kier alpha value is -1.65. The number of anilines is 1. The van der Waals surface area contributed by atoms with E-state index >= 15 is 0 Å². The van der Waals surface area contributed by atoms with Crippen molar-refractivity contribution in [3.63, 3.8) is 0 Å². The van der Waals surface area contributed by atoms with Gasteiger partial charge in [0.25, 0.3) is 0 Å². The van der Waals surface area contributed by atoms with Crippen LogP contribution in [0.5, 0.6) is 5.75 Å². The number of hydrogen-bond donors (Lipinski definition) is 2. The molecule has 0 bridgehead atoms. The molecule has 0 aliphatic carbocycles. The molecule has 0 radical (unpaired) electrons. The van der Waals surface area contributed by atoms with Gasteiger partial charge in [0.1, 0.15) is 0 Å². The zero-order chi connectivity index (χ0) is 8.27. The highest BCUT2D eigenvalue weighted by molar-refractivity contribution is 5.86. The van der Waals surface area contributed by atoms with Crippen molar-refractivity contribution >= 4 is 11.9 Å². The SMILES string of the molecule is CC(=O)Nc1ncc(O)cn1. The van der Waals surface area contributed by atoms with Crippen LogP contribution in [0.1, 0.15) is 6.92 Å². The molecule has 11 heavy (non-hydrogen) atoms. The molecule has 0 aliphatic heterocycles. The zero-order valence-corrected chi connectivity index (χ0v) is 5.90. The lowest BCUT2D eigenvalue weighted by Crippen LogP contribution is -2.08. The number of aromatic nitrogens is 2. The average molecular weight is 153 g/mol. The Morgan fingerprint density at radius 2 is 2.09 bits per heavy atom. The van der Waals surface area contributed by atoms with Crippen LogP contribution in [0.4, 0.5) is 5.95 Å². The van der Waals surface area contributed by atoms with Gasteiger partial charge in [-0.05, 0) is 0 Å². The summed E-state index contributed by atoms with van der Waals surface area (Å²) in [6.07, 6.45) is 2.41. The van der Waals surface area contributed by atoms with Crippen molar-refractivity contribution in [1.29, 1.82) is 0 Å². The summed E-state index contributed by atoms with van der Waals surface area (Å²) < 4.78 is 0. The zero-order valence-electron chi connectivity index (χ0n) is 5.90. The number of rotatable bonds is 1. The highest BCUT2D eigenvalue weighted by atomic mass is 16.3. The van der Waals surface area contributed by atoms with E-state index in [0.717, 1.165) is 0 Å². The maximum absolute atomic E-state index is 10.4. The second-order valence-electron chi connectivity index (χ2n) is 1.95. The van der Waals surface area contributed by atoms with Gasteiger partial charge in [0, 0.05) is 6.92 Å². The summed E-state index contributed by atoms with van der Waals surface area (Å²) in [5.74, 6) is -0.0786. The van der Waals surface area contributed by atoms with Crippen molar-refractivity contribution in [3.05, 3.63) is 12.4 Å². The van der Waals surface area contributed by atoms with Gasteiger partial charge >= 0.3 is 0 Å². The summed E-state index contributed by atoms with van der Waals surface area (Å²) in [5, 5.41) is 11.1. The van der Waals surface area contributed by atoms with Gasteiger partial charge in [0.15, 0.2) is 5.75 Å². The molecule has 1 amide bonds. The lowest BCUT2D eigenvalue weighted by Gasteiger charge is -1.97. The molecule has 1 heterocycles. The monoisotopic (exact) mass is 153 g/mol. The van der Waals surface area contributed by atoms with E-state index in [1.807, 2.05) is 0 Å². The van der Waals surface area contributed by atoms with Crippen molar-refractivity contribution in [2.45, 2.75) is 6.92 Å². The Balaban J connectivity index is 2.74. The fourth-order valence-corrected chi connectivity index (χ4v) is 0.543. The van der Waals surface area contributed by atoms with Gasteiger partial charge in [0.2, 0.25) is 11.9 Å². The third kappa shape index (κ3) is 2.21. The van der Waals surface area contributed by atoms with E-state index in [0.29, 0.717) is 0 Å². The summed E-state index contributed by atoms with van der Waals surface area (Å²) in [5.41, 5.74) is 0. The van der Waals surface area contributed by atoms with Gasteiger partial charge in [-0.2, -0.15) is 0 Å². The van der Waals surface area contributed by atoms with Gasteiger partial charge in [0.05, 0.1) is 12.4 Å². The summed E-state index contributed by atoms with van der Waals surface area (Å²) >= 11 is 0. The molecule has 0 aromatic carbocycles.